The summed E-state index contributed by atoms with van der Waals surface area (Å²) in [6, 6.07) is 15.2. The maximum Gasteiger partial charge on any atom is 0.320 e. The van der Waals surface area contributed by atoms with Gasteiger partial charge in [0.2, 0.25) is 0 Å². The zero-order valence-corrected chi connectivity index (χ0v) is 15.4. The summed E-state index contributed by atoms with van der Waals surface area (Å²) in [5, 5.41) is 13.1. The summed E-state index contributed by atoms with van der Waals surface area (Å²) in [5.41, 5.74) is 2.95. The molecule has 5 nitrogen and oxygen atoms in total. The topological polar surface area (TPSA) is 67.2 Å². The molecule has 26 heavy (non-hydrogen) atoms. The third-order valence-electron chi connectivity index (χ3n) is 4.35. The highest BCUT2D eigenvalue weighted by Gasteiger charge is 2.18. The van der Waals surface area contributed by atoms with E-state index >= 15 is 0 Å². The molecule has 136 valence electrons. The number of fused-ring (bicyclic) bond motifs is 1. The molecule has 2 aromatic carbocycles. The van der Waals surface area contributed by atoms with Gasteiger partial charge in [0.25, 0.3) is 0 Å². The monoisotopic (exact) mass is 371 g/mol. The van der Waals surface area contributed by atoms with E-state index < -0.39 is 12.0 Å². The lowest BCUT2D eigenvalue weighted by molar-refractivity contribution is -0.139. The summed E-state index contributed by atoms with van der Waals surface area (Å²) in [6.07, 6.45) is 1.39. The first-order chi connectivity index (χ1) is 12.6. The van der Waals surface area contributed by atoms with Gasteiger partial charge >= 0.3 is 5.97 Å². The highest BCUT2D eigenvalue weighted by molar-refractivity contribution is 6.31. The van der Waals surface area contributed by atoms with E-state index in [1.165, 1.54) is 0 Å². The molecule has 0 radical (unpaired) electrons. The molecule has 0 bridgehead atoms. The number of rotatable bonds is 8. The average Bonchev–Trinajstić information content (AvgIpc) is 2.95. The summed E-state index contributed by atoms with van der Waals surface area (Å²) in [5.74, 6) is -0.0333. The molecule has 0 saturated heterocycles. The smallest absolute Gasteiger partial charge is 0.320 e. The summed E-state index contributed by atoms with van der Waals surface area (Å²) >= 11 is 6.11. The van der Waals surface area contributed by atoms with Crippen molar-refractivity contribution in [2.45, 2.75) is 38.9 Å². The number of hydrogen-bond donors (Lipinski definition) is 2. The second kappa shape index (κ2) is 8.34. The SMILES string of the molecule is CCCC(NCc1nc2cc(Cl)ccc2n1Cc1ccccc1)C(=O)O. The van der Waals surface area contributed by atoms with Crippen LogP contribution in [0.1, 0.15) is 31.2 Å². The number of halogens is 1. The highest BCUT2D eigenvalue weighted by atomic mass is 35.5. The lowest BCUT2D eigenvalue weighted by Gasteiger charge is -2.15. The summed E-state index contributed by atoms with van der Waals surface area (Å²) < 4.78 is 2.11. The number of aromatic nitrogens is 2. The first-order valence-corrected chi connectivity index (χ1v) is 9.11. The zero-order valence-electron chi connectivity index (χ0n) is 14.7. The van der Waals surface area contributed by atoms with E-state index in [2.05, 4.69) is 27.0 Å². The molecule has 0 aliphatic carbocycles. The van der Waals surface area contributed by atoms with Gasteiger partial charge in [0.15, 0.2) is 0 Å². The van der Waals surface area contributed by atoms with Crippen LogP contribution in [0.25, 0.3) is 11.0 Å². The molecule has 1 atom stereocenters. The number of nitrogens with one attached hydrogen (secondary N) is 1. The minimum atomic E-state index is -0.833. The average molecular weight is 372 g/mol. The van der Waals surface area contributed by atoms with Crippen molar-refractivity contribution in [2.24, 2.45) is 0 Å². The van der Waals surface area contributed by atoms with Crippen molar-refractivity contribution >= 4 is 28.6 Å². The van der Waals surface area contributed by atoms with Gasteiger partial charge in [-0.25, -0.2) is 4.98 Å². The lowest BCUT2D eigenvalue weighted by atomic mass is 10.1. The Labute approximate surface area is 157 Å². The molecule has 1 aromatic heterocycles. The zero-order chi connectivity index (χ0) is 18.5. The maximum atomic E-state index is 11.4. The number of nitrogens with zero attached hydrogens (tertiary/aromatic N) is 2. The van der Waals surface area contributed by atoms with Crippen LogP contribution in [-0.2, 0) is 17.9 Å². The van der Waals surface area contributed by atoms with E-state index in [1.807, 2.05) is 43.3 Å². The van der Waals surface area contributed by atoms with Crippen molar-refractivity contribution in [3.63, 3.8) is 0 Å². The molecule has 0 saturated carbocycles. The van der Waals surface area contributed by atoms with Crippen molar-refractivity contribution < 1.29 is 9.90 Å². The summed E-state index contributed by atoms with van der Waals surface area (Å²) in [6.45, 7) is 3.03. The second-order valence-electron chi connectivity index (χ2n) is 6.29. The Morgan fingerprint density at radius 1 is 1.27 bits per heavy atom. The van der Waals surface area contributed by atoms with Gasteiger partial charge < -0.3 is 9.67 Å². The van der Waals surface area contributed by atoms with Crippen LogP contribution in [0.5, 0.6) is 0 Å². The van der Waals surface area contributed by atoms with Crippen LogP contribution in [0.3, 0.4) is 0 Å². The Morgan fingerprint density at radius 2 is 2.04 bits per heavy atom. The van der Waals surface area contributed by atoms with Crippen molar-refractivity contribution in [1.82, 2.24) is 14.9 Å². The van der Waals surface area contributed by atoms with Crippen LogP contribution >= 0.6 is 11.6 Å². The predicted molar refractivity (Wildman–Crippen MR) is 103 cm³/mol. The van der Waals surface area contributed by atoms with Crippen LogP contribution in [0.4, 0.5) is 0 Å². The van der Waals surface area contributed by atoms with Gasteiger partial charge in [-0.2, -0.15) is 0 Å². The van der Waals surface area contributed by atoms with E-state index in [0.29, 0.717) is 24.5 Å². The molecule has 0 aliphatic rings. The predicted octanol–water partition coefficient (Wildman–Crippen LogP) is 4.08. The molecular weight excluding hydrogens is 350 g/mol. The first-order valence-electron chi connectivity index (χ1n) is 8.73. The molecule has 2 N–H and O–H groups in total. The second-order valence-corrected chi connectivity index (χ2v) is 6.73. The third kappa shape index (κ3) is 4.23. The number of carboxylic acid groups (broad SMARTS) is 1. The van der Waals surface area contributed by atoms with E-state index in [9.17, 15) is 9.90 Å². The van der Waals surface area contributed by atoms with Gasteiger partial charge in [0.1, 0.15) is 11.9 Å². The van der Waals surface area contributed by atoms with E-state index in [1.54, 1.807) is 0 Å². The maximum absolute atomic E-state index is 11.4. The molecule has 1 unspecified atom stereocenters. The van der Waals surface area contributed by atoms with E-state index in [4.69, 9.17) is 11.6 Å². The first kappa shape index (κ1) is 18.4. The van der Waals surface area contributed by atoms with Crippen LogP contribution < -0.4 is 5.32 Å². The van der Waals surface area contributed by atoms with Gasteiger partial charge in [-0.15, -0.1) is 0 Å². The minimum absolute atomic E-state index is 0.385. The van der Waals surface area contributed by atoms with E-state index in [-0.39, 0.29) is 0 Å². The molecule has 0 fully saturated rings. The Bertz CT molecular complexity index is 893. The number of benzene rings is 2. The molecule has 1 heterocycles. The fourth-order valence-electron chi connectivity index (χ4n) is 3.05. The summed E-state index contributed by atoms with van der Waals surface area (Å²) in [4.78, 5) is 16.1. The van der Waals surface area contributed by atoms with Crippen molar-refractivity contribution in [3.05, 3.63) is 64.9 Å². The van der Waals surface area contributed by atoms with Crippen LogP contribution in [0.2, 0.25) is 5.02 Å². The normalized spacial score (nSPS) is 12.4. The van der Waals surface area contributed by atoms with Crippen molar-refractivity contribution in [3.8, 4) is 0 Å². The number of carboxylic acids is 1. The highest BCUT2D eigenvalue weighted by Crippen LogP contribution is 2.22. The lowest BCUT2D eigenvalue weighted by Crippen LogP contribution is -2.36. The van der Waals surface area contributed by atoms with Crippen molar-refractivity contribution in [2.75, 3.05) is 0 Å². The van der Waals surface area contributed by atoms with Crippen LogP contribution in [-0.4, -0.2) is 26.7 Å². The fraction of sp³-hybridized carbons (Fsp3) is 0.300. The molecule has 0 amide bonds. The molecule has 3 aromatic rings. The number of aliphatic carboxylic acids is 1. The molecular formula is C20H22ClN3O2. The van der Waals surface area contributed by atoms with Gasteiger partial charge in [-0.3, -0.25) is 10.1 Å². The number of carbonyl (C=O) groups is 1. The Morgan fingerprint density at radius 3 is 2.73 bits per heavy atom. The molecule has 0 aliphatic heterocycles. The van der Waals surface area contributed by atoms with Crippen molar-refractivity contribution in [1.29, 1.82) is 0 Å². The summed E-state index contributed by atoms with van der Waals surface area (Å²) in [7, 11) is 0. The Hall–Kier alpha value is -2.37. The number of imidazole rings is 1. The van der Waals surface area contributed by atoms with Gasteiger partial charge in [0.05, 0.1) is 17.6 Å². The Balaban J connectivity index is 1.92. The largest absolute Gasteiger partial charge is 0.480 e. The molecule has 6 heteroatoms. The van der Waals surface area contributed by atoms with Crippen LogP contribution in [0, 0.1) is 0 Å². The quantitative estimate of drug-likeness (QED) is 0.626. The van der Waals surface area contributed by atoms with Gasteiger partial charge in [-0.1, -0.05) is 55.3 Å². The number of hydrogen-bond acceptors (Lipinski definition) is 3. The van der Waals surface area contributed by atoms with Crippen LogP contribution in [0.15, 0.2) is 48.5 Å². The minimum Gasteiger partial charge on any atom is -0.480 e. The van der Waals surface area contributed by atoms with E-state index in [0.717, 1.165) is 28.8 Å². The van der Waals surface area contributed by atoms with Gasteiger partial charge in [-0.05, 0) is 30.2 Å². The molecule has 3 rings (SSSR count). The van der Waals surface area contributed by atoms with Gasteiger partial charge in [0, 0.05) is 11.6 Å². The standard InChI is InChI=1S/C20H22ClN3O2/c1-2-6-16(20(25)26)22-12-19-23-17-11-15(21)9-10-18(17)24(19)13-14-7-4-3-5-8-14/h3-5,7-11,16,22H,2,6,12-13H2,1H3,(H,25,26). The molecule has 0 spiro atoms. The fourth-order valence-corrected chi connectivity index (χ4v) is 3.21. The Kier molecular flexibility index (Phi) is 5.91. The third-order valence-corrected chi connectivity index (χ3v) is 4.59.